The second-order valence-corrected chi connectivity index (χ2v) is 8.18. The van der Waals surface area contributed by atoms with E-state index in [-0.39, 0.29) is 21.8 Å². The summed E-state index contributed by atoms with van der Waals surface area (Å²) in [5.41, 5.74) is 0.103. The Balaban J connectivity index is 1.63. The molecule has 0 radical (unpaired) electrons. The molecule has 0 unspecified atom stereocenters. The summed E-state index contributed by atoms with van der Waals surface area (Å²) in [6.07, 6.45) is 0. The van der Waals surface area contributed by atoms with Crippen molar-refractivity contribution in [3.8, 4) is 0 Å². The molecule has 0 heterocycles. The van der Waals surface area contributed by atoms with E-state index in [1.54, 1.807) is 0 Å². The highest BCUT2D eigenvalue weighted by Crippen LogP contribution is 2.18. The summed E-state index contributed by atoms with van der Waals surface area (Å²) < 4.78 is 66.4. The molecule has 0 aliphatic carbocycles. The Morgan fingerprint density at radius 3 is 2.19 bits per heavy atom. The zero-order valence-electron chi connectivity index (χ0n) is 16.2. The number of carbonyl (C=O) groups excluding carboxylic acids is 2. The molecular formula is C21H16F3N3O4S. The molecule has 0 aliphatic heterocycles. The lowest BCUT2D eigenvalue weighted by molar-refractivity contribution is -0.115. The van der Waals surface area contributed by atoms with E-state index in [1.807, 2.05) is 0 Å². The van der Waals surface area contributed by atoms with Gasteiger partial charge in [0.1, 0.15) is 5.82 Å². The second kappa shape index (κ2) is 9.52. The number of benzene rings is 3. The van der Waals surface area contributed by atoms with Crippen molar-refractivity contribution in [2.45, 2.75) is 4.90 Å². The molecule has 0 saturated carbocycles. The fourth-order valence-electron chi connectivity index (χ4n) is 2.58. The lowest BCUT2D eigenvalue weighted by Gasteiger charge is -2.10. The minimum absolute atomic E-state index is 0.00288. The third-order valence-corrected chi connectivity index (χ3v) is 5.49. The predicted octanol–water partition coefficient (Wildman–Crippen LogP) is 3.27. The highest BCUT2D eigenvalue weighted by atomic mass is 32.2. The molecule has 3 N–H and O–H groups in total. The number of anilines is 2. The van der Waals surface area contributed by atoms with E-state index < -0.39 is 45.8 Å². The first-order valence-corrected chi connectivity index (χ1v) is 10.5. The SMILES string of the molecule is O=C(CNC(=O)c1cccc(S(=O)(=O)Nc2ccc(F)cc2)c1)Nc1ccc(F)c(F)c1. The summed E-state index contributed by atoms with van der Waals surface area (Å²) in [7, 11) is -4.06. The van der Waals surface area contributed by atoms with Crippen LogP contribution in [0.25, 0.3) is 0 Å². The smallest absolute Gasteiger partial charge is 0.261 e. The van der Waals surface area contributed by atoms with Gasteiger partial charge in [-0.3, -0.25) is 14.3 Å². The first-order chi connectivity index (χ1) is 15.1. The molecule has 2 amide bonds. The van der Waals surface area contributed by atoms with Gasteiger partial charge in [0.15, 0.2) is 11.6 Å². The Morgan fingerprint density at radius 2 is 1.50 bits per heavy atom. The molecule has 0 aliphatic rings. The second-order valence-electron chi connectivity index (χ2n) is 6.50. The van der Waals surface area contributed by atoms with E-state index in [9.17, 15) is 31.2 Å². The van der Waals surface area contributed by atoms with Crippen molar-refractivity contribution in [2.75, 3.05) is 16.6 Å². The van der Waals surface area contributed by atoms with Crippen LogP contribution < -0.4 is 15.4 Å². The monoisotopic (exact) mass is 463 g/mol. The third kappa shape index (κ3) is 5.85. The maximum absolute atomic E-state index is 13.2. The van der Waals surface area contributed by atoms with Crippen molar-refractivity contribution in [3.63, 3.8) is 0 Å². The van der Waals surface area contributed by atoms with Gasteiger partial charge >= 0.3 is 0 Å². The maximum Gasteiger partial charge on any atom is 0.261 e. The number of hydrogen-bond acceptors (Lipinski definition) is 4. The molecule has 3 rings (SSSR count). The minimum atomic E-state index is -4.06. The van der Waals surface area contributed by atoms with Gasteiger partial charge in [-0.25, -0.2) is 21.6 Å². The van der Waals surface area contributed by atoms with Gasteiger partial charge in [0, 0.05) is 23.0 Å². The van der Waals surface area contributed by atoms with Crippen LogP contribution in [0.4, 0.5) is 24.5 Å². The Hall–Kier alpha value is -3.86. The number of carbonyl (C=O) groups is 2. The van der Waals surface area contributed by atoms with Gasteiger partial charge in [-0.15, -0.1) is 0 Å². The fraction of sp³-hybridized carbons (Fsp3) is 0.0476. The summed E-state index contributed by atoms with van der Waals surface area (Å²) in [6, 6.07) is 12.5. The summed E-state index contributed by atoms with van der Waals surface area (Å²) in [5, 5.41) is 4.59. The topological polar surface area (TPSA) is 104 Å². The molecule has 3 aromatic carbocycles. The molecule has 3 aromatic rings. The van der Waals surface area contributed by atoms with Crippen LogP contribution in [0, 0.1) is 17.5 Å². The number of amides is 2. The fourth-order valence-corrected chi connectivity index (χ4v) is 3.68. The van der Waals surface area contributed by atoms with Crippen LogP contribution in [0.2, 0.25) is 0 Å². The lowest BCUT2D eigenvalue weighted by Crippen LogP contribution is -2.33. The number of halogens is 3. The van der Waals surface area contributed by atoms with Gasteiger partial charge in [0.2, 0.25) is 5.91 Å². The van der Waals surface area contributed by atoms with Crippen LogP contribution in [0.5, 0.6) is 0 Å². The first-order valence-electron chi connectivity index (χ1n) is 9.05. The van der Waals surface area contributed by atoms with Crippen molar-refractivity contribution < 1.29 is 31.2 Å². The van der Waals surface area contributed by atoms with Gasteiger partial charge in [0.05, 0.1) is 11.4 Å². The highest BCUT2D eigenvalue weighted by molar-refractivity contribution is 7.92. The molecule has 0 bridgehead atoms. The zero-order valence-corrected chi connectivity index (χ0v) is 17.0. The van der Waals surface area contributed by atoms with Crippen molar-refractivity contribution in [2.24, 2.45) is 0 Å². The van der Waals surface area contributed by atoms with Crippen molar-refractivity contribution in [1.82, 2.24) is 5.32 Å². The average Bonchev–Trinajstić information content (AvgIpc) is 2.76. The number of nitrogens with one attached hydrogen (secondary N) is 3. The average molecular weight is 463 g/mol. The largest absolute Gasteiger partial charge is 0.343 e. The number of hydrogen-bond donors (Lipinski definition) is 3. The van der Waals surface area contributed by atoms with Crippen LogP contribution in [0.1, 0.15) is 10.4 Å². The summed E-state index contributed by atoms with van der Waals surface area (Å²) in [6.45, 7) is -0.497. The van der Waals surface area contributed by atoms with Crippen molar-refractivity contribution in [3.05, 3.63) is 89.7 Å². The van der Waals surface area contributed by atoms with Crippen molar-refractivity contribution in [1.29, 1.82) is 0 Å². The number of sulfonamides is 1. The van der Waals surface area contributed by atoms with E-state index in [0.29, 0.717) is 0 Å². The quantitative estimate of drug-likeness (QED) is 0.500. The highest BCUT2D eigenvalue weighted by Gasteiger charge is 2.17. The van der Waals surface area contributed by atoms with E-state index in [4.69, 9.17) is 0 Å². The number of rotatable bonds is 7. The molecule has 0 fully saturated rings. The van der Waals surface area contributed by atoms with Gasteiger partial charge < -0.3 is 10.6 Å². The van der Waals surface area contributed by atoms with E-state index in [0.717, 1.165) is 36.4 Å². The van der Waals surface area contributed by atoms with Gasteiger partial charge in [-0.05, 0) is 54.6 Å². The minimum Gasteiger partial charge on any atom is -0.343 e. The van der Waals surface area contributed by atoms with Crippen LogP contribution in [-0.4, -0.2) is 26.8 Å². The normalized spacial score (nSPS) is 11.0. The third-order valence-electron chi connectivity index (χ3n) is 4.12. The Kier molecular flexibility index (Phi) is 6.79. The molecule has 11 heteroatoms. The molecule has 7 nitrogen and oxygen atoms in total. The van der Waals surface area contributed by atoms with Crippen LogP contribution >= 0.6 is 0 Å². The molecule has 0 saturated heterocycles. The van der Waals surface area contributed by atoms with E-state index in [1.165, 1.54) is 30.3 Å². The first kappa shape index (κ1) is 22.8. The summed E-state index contributed by atoms with van der Waals surface area (Å²) in [5.74, 6) is -4.17. The molecule has 0 atom stereocenters. The summed E-state index contributed by atoms with van der Waals surface area (Å²) in [4.78, 5) is 24.0. The van der Waals surface area contributed by atoms with Gasteiger partial charge in [-0.1, -0.05) is 6.07 Å². The Labute approximate surface area is 181 Å². The van der Waals surface area contributed by atoms with Crippen LogP contribution in [0.3, 0.4) is 0 Å². The standard InChI is InChI=1S/C21H16F3N3O4S/c22-14-4-6-15(7-5-14)27-32(30,31)17-3-1-2-13(10-17)21(29)25-12-20(28)26-16-8-9-18(23)19(24)11-16/h1-11,27H,12H2,(H,25,29)(H,26,28). The molecule has 0 spiro atoms. The van der Waals surface area contributed by atoms with Crippen LogP contribution in [0.15, 0.2) is 71.6 Å². The Bertz CT molecular complexity index is 1270. The van der Waals surface area contributed by atoms with Gasteiger partial charge in [-0.2, -0.15) is 0 Å². The molecular weight excluding hydrogens is 447 g/mol. The van der Waals surface area contributed by atoms with Crippen molar-refractivity contribution >= 4 is 33.2 Å². The Morgan fingerprint density at radius 1 is 0.812 bits per heavy atom. The van der Waals surface area contributed by atoms with E-state index in [2.05, 4.69) is 15.4 Å². The van der Waals surface area contributed by atoms with Gasteiger partial charge in [0.25, 0.3) is 15.9 Å². The van der Waals surface area contributed by atoms with Crippen LogP contribution in [-0.2, 0) is 14.8 Å². The predicted molar refractivity (Wildman–Crippen MR) is 111 cm³/mol. The molecule has 166 valence electrons. The van der Waals surface area contributed by atoms with E-state index >= 15 is 0 Å². The molecule has 32 heavy (non-hydrogen) atoms. The maximum atomic E-state index is 13.2. The zero-order chi connectivity index (χ0) is 23.3. The summed E-state index contributed by atoms with van der Waals surface area (Å²) >= 11 is 0. The lowest BCUT2D eigenvalue weighted by atomic mass is 10.2. The molecule has 0 aromatic heterocycles.